The van der Waals surface area contributed by atoms with Gasteiger partial charge in [-0.2, -0.15) is 0 Å². The van der Waals surface area contributed by atoms with Gasteiger partial charge in [-0.15, -0.1) is 11.3 Å². The molecular formula is C56H47NS. The fourth-order valence-corrected chi connectivity index (χ4v) is 9.84. The summed E-state index contributed by atoms with van der Waals surface area (Å²) in [5.74, 6) is 0. The van der Waals surface area contributed by atoms with E-state index in [1.807, 2.05) is 11.3 Å². The maximum atomic E-state index is 2.44. The molecule has 0 saturated heterocycles. The van der Waals surface area contributed by atoms with Crippen LogP contribution in [0, 0.1) is 0 Å². The predicted octanol–water partition coefficient (Wildman–Crippen LogP) is 16.9. The first kappa shape index (κ1) is 36.1. The monoisotopic (exact) mass is 765 g/mol. The van der Waals surface area contributed by atoms with Crippen molar-refractivity contribution in [3.8, 4) is 22.3 Å². The average molecular weight is 766 g/mol. The third kappa shape index (κ3) is 6.33. The number of nitrogens with zero attached hydrogens (tertiary/aromatic N) is 1. The maximum absolute atomic E-state index is 2.44. The molecule has 0 saturated carbocycles. The van der Waals surface area contributed by atoms with Gasteiger partial charge in [0.05, 0.1) is 10.4 Å². The smallest absolute Gasteiger partial charge is 0.0640 e. The summed E-state index contributed by atoms with van der Waals surface area (Å²) in [5, 5.41) is 10.3. The van der Waals surface area contributed by atoms with Gasteiger partial charge in [0.25, 0.3) is 0 Å². The Bertz CT molecular complexity index is 3170. The lowest BCUT2D eigenvalue weighted by molar-refractivity contribution is 0.590. The summed E-state index contributed by atoms with van der Waals surface area (Å²) in [6.45, 7) is 13.8. The van der Waals surface area contributed by atoms with Crippen molar-refractivity contribution in [1.29, 1.82) is 0 Å². The van der Waals surface area contributed by atoms with E-state index in [0.29, 0.717) is 0 Å². The van der Waals surface area contributed by atoms with Gasteiger partial charge >= 0.3 is 0 Å². The molecule has 0 amide bonds. The molecule has 0 radical (unpaired) electrons. The van der Waals surface area contributed by atoms with Crippen LogP contribution in [0.25, 0.3) is 74.7 Å². The van der Waals surface area contributed by atoms with Crippen molar-refractivity contribution in [2.45, 2.75) is 52.4 Å². The molecule has 1 heterocycles. The minimum Gasteiger partial charge on any atom is -0.309 e. The Kier molecular flexibility index (Phi) is 8.55. The molecule has 0 unspecified atom stereocenters. The van der Waals surface area contributed by atoms with Crippen LogP contribution in [0.5, 0.6) is 0 Å². The Balaban J connectivity index is 1.13. The first-order valence-corrected chi connectivity index (χ1v) is 21.2. The molecule has 0 aliphatic carbocycles. The summed E-state index contributed by atoms with van der Waals surface area (Å²) >= 11 is 1.87. The van der Waals surface area contributed by atoms with E-state index in [-0.39, 0.29) is 10.8 Å². The quantitative estimate of drug-likeness (QED) is 0.158. The third-order valence-electron chi connectivity index (χ3n) is 12.0. The number of rotatable bonds is 5. The SMILES string of the molecule is CC(C)(C)c1ccc2c(c1)cc(-c1ccc(N(c3ccc(-c4ccc5ccccc5c4)cc3)c3cccc4c3sc3ccccc34)cc1)c1cc(C(C)(C)C)ccc12. The second kappa shape index (κ2) is 13.7. The molecule has 0 bridgehead atoms. The van der Waals surface area contributed by atoms with Gasteiger partial charge in [-0.25, -0.2) is 0 Å². The van der Waals surface area contributed by atoms with Crippen molar-refractivity contribution in [2.24, 2.45) is 0 Å². The number of hydrogen-bond donors (Lipinski definition) is 0. The van der Waals surface area contributed by atoms with Gasteiger partial charge in [-0.3, -0.25) is 0 Å². The van der Waals surface area contributed by atoms with Crippen LogP contribution in [0.1, 0.15) is 52.7 Å². The molecule has 282 valence electrons. The van der Waals surface area contributed by atoms with Crippen LogP contribution in [-0.4, -0.2) is 0 Å². The summed E-state index contributed by atoms with van der Waals surface area (Å²) in [6, 6.07) is 65.8. The van der Waals surface area contributed by atoms with Crippen molar-refractivity contribution in [3.05, 3.63) is 187 Å². The number of fused-ring (bicyclic) bond motifs is 7. The molecule has 0 atom stereocenters. The van der Waals surface area contributed by atoms with Gasteiger partial charge in [0.15, 0.2) is 0 Å². The second-order valence-corrected chi connectivity index (χ2v) is 18.9. The summed E-state index contributed by atoms with van der Waals surface area (Å²) in [5.41, 5.74) is 11.2. The minimum absolute atomic E-state index is 0.0400. The zero-order chi connectivity index (χ0) is 39.8. The normalized spacial score (nSPS) is 12.3. The zero-order valence-electron chi connectivity index (χ0n) is 34.1. The van der Waals surface area contributed by atoms with Gasteiger partial charge in [-0.05, 0) is 131 Å². The van der Waals surface area contributed by atoms with Crippen LogP contribution in [0.2, 0.25) is 0 Å². The van der Waals surface area contributed by atoms with Crippen molar-refractivity contribution in [1.82, 2.24) is 0 Å². The number of thiophene rings is 1. The molecule has 10 rings (SSSR count). The van der Waals surface area contributed by atoms with E-state index in [1.54, 1.807) is 0 Å². The molecule has 0 aliphatic rings. The second-order valence-electron chi connectivity index (χ2n) is 17.9. The van der Waals surface area contributed by atoms with Crippen LogP contribution in [0.15, 0.2) is 176 Å². The molecule has 0 spiro atoms. The highest BCUT2D eigenvalue weighted by atomic mass is 32.1. The molecule has 1 nitrogen and oxygen atoms in total. The minimum atomic E-state index is 0.0400. The standard InChI is InChI=1S/C56H47NS/c1-55(2,3)42-24-30-46-41(33-42)34-50(51-35-43(56(4,5)6)25-31-47(46)51)38-22-28-45(29-23-38)57(52-16-11-15-49-48-14-9-10-17-53(48)58-54(49)52)44-26-20-37(21-27-44)40-19-18-36-12-7-8-13-39(36)32-40/h7-35H,1-6H3. The van der Waals surface area contributed by atoms with Crippen molar-refractivity contribution in [3.63, 3.8) is 0 Å². The first-order chi connectivity index (χ1) is 28.0. The van der Waals surface area contributed by atoms with Gasteiger partial charge in [-0.1, -0.05) is 163 Å². The molecule has 1 aromatic heterocycles. The molecule has 58 heavy (non-hydrogen) atoms. The topological polar surface area (TPSA) is 3.24 Å². The molecule has 0 N–H and O–H groups in total. The molecule has 0 aliphatic heterocycles. The summed E-state index contributed by atoms with van der Waals surface area (Å²) in [6.07, 6.45) is 0. The van der Waals surface area contributed by atoms with Crippen LogP contribution in [-0.2, 0) is 10.8 Å². The van der Waals surface area contributed by atoms with Crippen molar-refractivity contribution < 1.29 is 0 Å². The summed E-state index contributed by atoms with van der Waals surface area (Å²) in [4.78, 5) is 2.44. The fourth-order valence-electron chi connectivity index (χ4n) is 8.63. The zero-order valence-corrected chi connectivity index (χ0v) is 34.9. The van der Waals surface area contributed by atoms with Gasteiger partial charge < -0.3 is 4.90 Å². The van der Waals surface area contributed by atoms with E-state index in [1.165, 1.54) is 91.6 Å². The van der Waals surface area contributed by atoms with Gasteiger partial charge in [0, 0.05) is 26.8 Å². The number of benzene rings is 9. The number of hydrogen-bond acceptors (Lipinski definition) is 2. The van der Waals surface area contributed by atoms with Crippen LogP contribution in [0.4, 0.5) is 17.1 Å². The Hall–Kier alpha value is -6.22. The number of anilines is 3. The molecule has 0 fully saturated rings. The van der Waals surface area contributed by atoms with Gasteiger partial charge in [0.1, 0.15) is 0 Å². The maximum Gasteiger partial charge on any atom is 0.0640 e. The van der Waals surface area contributed by atoms with Crippen LogP contribution in [0.3, 0.4) is 0 Å². The highest BCUT2D eigenvalue weighted by molar-refractivity contribution is 7.26. The van der Waals surface area contributed by atoms with E-state index >= 15 is 0 Å². The lowest BCUT2D eigenvalue weighted by Gasteiger charge is -2.27. The Morgan fingerprint density at radius 3 is 1.71 bits per heavy atom. The highest BCUT2D eigenvalue weighted by Crippen LogP contribution is 2.46. The summed E-state index contributed by atoms with van der Waals surface area (Å²) < 4.78 is 2.59. The van der Waals surface area contributed by atoms with E-state index in [0.717, 1.165) is 11.4 Å². The van der Waals surface area contributed by atoms with Crippen molar-refractivity contribution in [2.75, 3.05) is 4.90 Å². The largest absolute Gasteiger partial charge is 0.309 e. The Labute approximate surface area is 345 Å². The van der Waals surface area contributed by atoms with Gasteiger partial charge in [0.2, 0.25) is 0 Å². The Morgan fingerprint density at radius 1 is 0.379 bits per heavy atom. The molecule has 9 aromatic carbocycles. The highest BCUT2D eigenvalue weighted by Gasteiger charge is 2.21. The Morgan fingerprint density at radius 2 is 0.983 bits per heavy atom. The fraction of sp³-hybridized carbons (Fsp3) is 0.143. The van der Waals surface area contributed by atoms with Crippen LogP contribution < -0.4 is 4.90 Å². The van der Waals surface area contributed by atoms with E-state index in [4.69, 9.17) is 0 Å². The summed E-state index contributed by atoms with van der Waals surface area (Å²) in [7, 11) is 0. The lowest BCUT2D eigenvalue weighted by Crippen LogP contribution is -2.11. The van der Waals surface area contributed by atoms with Crippen molar-refractivity contribution >= 4 is 80.9 Å². The molecule has 2 heteroatoms. The van der Waals surface area contributed by atoms with E-state index in [9.17, 15) is 0 Å². The third-order valence-corrected chi connectivity index (χ3v) is 13.2. The molecular weight excluding hydrogens is 719 g/mol. The lowest BCUT2D eigenvalue weighted by atomic mass is 9.82. The van der Waals surface area contributed by atoms with E-state index in [2.05, 4.69) is 222 Å². The molecule has 10 aromatic rings. The van der Waals surface area contributed by atoms with Crippen LogP contribution >= 0.6 is 11.3 Å². The average Bonchev–Trinajstić information content (AvgIpc) is 3.62. The first-order valence-electron chi connectivity index (χ1n) is 20.4. The van der Waals surface area contributed by atoms with E-state index < -0.39 is 0 Å². The predicted molar refractivity (Wildman–Crippen MR) is 255 cm³/mol.